The first kappa shape index (κ1) is 20.5. The zero-order chi connectivity index (χ0) is 15.3. The van der Waals surface area contributed by atoms with Crippen molar-refractivity contribution in [2.45, 2.75) is 17.4 Å². The van der Waals surface area contributed by atoms with E-state index in [1.165, 1.54) is 11.8 Å². The van der Waals surface area contributed by atoms with E-state index in [4.69, 9.17) is 17.3 Å². The van der Waals surface area contributed by atoms with E-state index in [0.29, 0.717) is 10.7 Å². The Balaban J connectivity index is 0.00000400. The van der Waals surface area contributed by atoms with Crippen molar-refractivity contribution >= 4 is 57.2 Å². The number of benzene rings is 1. The molecule has 0 aliphatic rings. The molecule has 0 saturated heterocycles. The topological polar surface area (TPSA) is 89.3 Å². The van der Waals surface area contributed by atoms with Gasteiger partial charge < -0.3 is 11.1 Å². The maximum atomic E-state index is 11.8. The van der Waals surface area contributed by atoms with Gasteiger partial charge in [-0.05, 0) is 30.9 Å². The number of rotatable bonds is 6. The van der Waals surface area contributed by atoms with Gasteiger partial charge in [-0.1, -0.05) is 11.6 Å². The van der Waals surface area contributed by atoms with E-state index in [9.17, 15) is 13.2 Å². The van der Waals surface area contributed by atoms with Crippen LogP contribution in [0.3, 0.4) is 0 Å². The molecule has 0 aliphatic carbocycles. The number of anilines is 1. The molecule has 1 rings (SSSR count). The van der Waals surface area contributed by atoms with Crippen LogP contribution < -0.4 is 11.1 Å². The summed E-state index contributed by atoms with van der Waals surface area (Å²) in [4.78, 5) is 12.7. The number of hydrogen-bond acceptors (Lipinski definition) is 5. The fourth-order valence-corrected chi connectivity index (χ4v) is 3.00. The SMILES string of the molecule is CSc1ccc(NC(=O)C(N)CCS(C)(=O)=O)cc1Cl.Cl. The molecule has 21 heavy (non-hydrogen) atoms. The number of nitrogens with two attached hydrogens (primary N) is 1. The third kappa shape index (κ3) is 7.37. The first-order chi connectivity index (χ1) is 9.23. The predicted molar refractivity (Wildman–Crippen MR) is 91.4 cm³/mol. The van der Waals surface area contributed by atoms with Gasteiger partial charge in [0.25, 0.3) is 0 Å². The molecule has 1 atom stereocenters. The Bertz CT molecular complexity index is 594. The van der Waals surface area contributed by atoms with Crippen LogP contribution in [0.1, 0.15) is 6.42 Å². The molecule has 0 bridgehead atoms. The van der Waals surface area contributed by atoms with E-state index < -0.39 is 21.8 Å². The molecule has 1 aromatic carbocycles. The Labute approximate surface area is 140 Å². The van der Waals surface area contributed by atoms with Crippen molar-refractivity contribution in [3.63, 3.8) is 0 Å². The van der Waals surface area contributed by atoms with Crippen LogP contribution in [0.4, 0.5) is 5.69 Å². The van der Waals surface area contributed by atoms with Crippen LogP contribution in [0.2, 0.25) is 5.02 Å². The molecule has 5 nitrogen and oxygen atoms in total. The van der Waals surface area contributed by atoms with Gasteiger partial charge in [0.15, 0.2) is 0 Å². The largest absolute Gasteiger partial charge is 0.325 e. The fraction of sp³-hybridized carbons (Fsp3) is 0.417. The minimum absolute atomic E-state index is 0. The number of amides is 1. The van der Waals surface area contributed by atoms with Gasteiger partial charge in [0, 0.05) is 16.8 Å². The molecule has 3 N–H and O–H groups in total. The lowest BCUT2D eigenvalue weighted by molar-refractivity contribution is -0.117. The number of nitrogens with one attached hydrogen (secondary N) is 1. The van der Waals surface area contributed by atoms with E-state index in [2.05, 4.69) is 5.32 Å². The average molecular weight is 373 g/mol. The van der Waals surface area contributed by atoms with E-state index in [1.807, 2.05) is 6.26 Å². The number of thioether (sulfide) groups is 1. The van der Waals surface area contributed by atoms with Crippen LogP contribution in [-0.4, -0.2) is 38.6 Å². The summed E-state index contributed by atoms with van der Waals surface area (Å²) in [6.45, 7) is 0. The van der Waals surface area contributed by atoms with Crippen molar-refractivity contribution in [1.29, 1.82) is 0 Å². The van der Waals surface area contributed by atoms with Crippen LogP contribution >= 0.6 is 35.8 Å². The second-order valence-electron chi connectivity index (χ2n) is 4.36. The van der Waals surface area contributed by atoms with Crippen molar-refractivity contribution in [2.75, 3.05) is 23.6 Å². The Morgan fingerprint density at radius 2 is 2.10 bits per heavy atom. The Hall–Kier alpha value is -0.470. The highest BCUT2D eigenvalue weighted by Crippen LogP contribution is 2.27. The molecule has 1 unspecified atom stereocenters. The zero-order valence-corrected chi connectivity index (χ0v) is 14.8. The summed E-state index contributed by atoms with van der Waals surface area (Å²) >= 11 is 7.53. The standard InChI is InChI=1S/C12H17ClN2O3S2.ClH/c1-19-11-4-3-8(7-9(11)13)15-12(16)10(14)5-6-20(2,17)18;/h3-4,7,10H,5-6,14H2,1-2H3,(H,15,16);1H. The van der Waals surface area contributed by atoms with Crippen LogP contribution in [0, 0.1) is 0 Å². The molecule has 1 aromatic rings. The molecular formula is C12H18Cl2N2O3S2. The highest BCUT2D eigenvalue weighted by molar-refractivity contribution is 7.98. The van der Waals surface area contributed by atoms with Gasteiger partial charge in [0.2, 0.25) is 5.91 Å². The molecule has 120 valence electrons. The van der Waals surface area contributed by atoms with E-state index >= 15 is 0 Å². The highest BCUT2D eigenvalue weighted by Gasteiger charge is 2.16. The normalized spacial score (nSPS) is 12.4. The van der Waals surface area contributed by atoms with Crippen molar-refractivity contribution in [1.82, 2.24) is 0 Å². The van der Waals surface area contributed by atoms with Crippen molar-refractivity contribution in [3.8, 4) is 0 Å². The first-order valence-electron chi connectivity index (χ1n) is 5.80. The Kier molecular flexibility index (Phi) is 8.65. The van der Waals surface area contributed by atoms with Crippen LogP contribution in [-0.2, 0) is 14.6 Å². The molecule has 0 fully saturated rings. The smallest absolute Gasteiger partial charge is 0.241 e. The first-order valence-corrected chi connectivity index (χ1v) is 9.47. The monoisotopic (exact) mass is 372 g/mol. The quantitative estimate of drug-likeness (QED) is 0.746. The van der Waals surface area contributed by atoms with Crippen LogP contribution in [0.15, 0.2) is 23.1 Å². The van der Waals surface area contributed by atoms with Crippen molar-refractivity contribution < 1.29 is 13.2 Å². The Morgan fingerprint density at radius 1 is 1.48 bits per heavy atom. The zero-order valence-electron chi connectivity index (χ0n) is 11.6. The Morgan fingerprint density at radius 3 is 2.57 bits per heavy atom. The summed E-state index contributed by atoms with van der Waals surface area (Å²) in [6.07, 6.45) is 3.10. The second-order valence-corrected chi connectivity index (χ2v) is 7.88. The van der Waals surface area contributed by atoms with Gasteiger partial charge in [-0.25, -0.2) is 8.42 Å². The summed E-state index contributed by atoms with van der Waals surface area (Å²) in [5.41, 5.74) is 6.19. The van der Waals surface area contributed by atoms with Gasteiger partial charge in [-0.3, -0.25) is 4.79 Å². The summed E-state index contributed by atoms with van der Waals surface area (Å²) < 4.78 is 22.0. The van der Waals surface area contributed by atoms with Crippen molar-refractivity contribution in [3.05, 3.63) is 23.2 Å². The van der Waals surface area contributed by atoms with E-state index in [0.717, 1.165) is 11.2 Å². The lowest BCUT2D eigenvalue weighted by Gasteiger charge is -2.12. The molecule has 0 saturated carbocycles. The summed E-state index contributed by atoms with van der Waals surface area (Å²) in [5.74, 6) is -0.546. The van der Waals surface area contributed by atoms with Crippen molar-refractivity contribution in [2.24, 2.45) is 5.73 Å². The van der Waals surface area contributed by atoms with Crippen LogP contribution in [0.5, 0.6) is 0 Å². The number of halogens is 2. The van der Waals surface area contributed by atoms with Gasteiger partial charge in [-0.15, -0.1) is 24.2 Å². The summed E-state index contributed by atoms with van der Waals surface area (Å²) in [7, 11) is -3.13. The highest BCUT2D eigenvalue weighted by atomic mass is 35.5. The molecule has 9 heteroatoms. The van der Waals surface area contributed by atoms with Gasteiger partial charge in [0.05, 0.1) is 16.8 Å². The number of sulfone groups is 1. The third-order valence-electron chi connectivity index (χ3n) is 2.56. The van der Waals surface area contributed by atoms with E-state index in [1.54, 1.807) is 18.2 Å². The van der Waals surface area contributed by atoms with Gasteiger partial charge in [0.1, 0.15) is 9.84 Å². The molecule has 0 radical (unpaired) electrons. The number of carbonyl (C=O) groups excluding carboxylic acids is 1. The second kappa shape index (κ2) is 8.85. The summed E-state index contributed by atoms with van der Waals surface area (Å²) in [6, 6.07) is 4.28. The molecule has 0 aliphatic heterocycles. The van der Waals surface area contributed by atoms with Gasteiger partial charge >= 0.3 is 0 Å². The minimum atomic E-state index is -3.13. The maximum absolute atomic E-state index is 11.8. The molecule has 0 aromatic heterocycles. The number of carbonyl (C=O) groups is 1. The predicted octanol–water partition coefficient (Wildman–Crippen LogP) is 2.18. The molecule has 1 amide bonds. The average Bonchev–Trinajstić information content (AvgIpc) is 2.35. The lowest BCUT2D eigenvalue weighted by Crippen LogP contribution is -2.37. The molecular weight excluding hydrogens is 355 g/mol. The molecule has 0 heterocycles. The fourth-order valence-electron chi connectivity index (χ4n) is 1.45. The summed E-state index contributed by atoms with van der Waals surface area (Å²) in [5, 5.41) is 3.16. The third-order valence-corrected chi connectivity index (χ3v) is 4.75. The maximum Gasteiger partial charge on any atom is 0.241 e. The van der Waals surface area contributed by atoms with E-state index in [-0.39, 0.29) is 24.6 Å². The number of hydrogen-bond donors (Lipinski definition) is 2. The minimum Gasteiger partial charge on any atom is -0.325 e. The lowest BCUT2D eigenvalue weighted by atomic mass is 10.2. The van der Waals surface area contributed by atoms with Gasteiger partial charge in [-0.2, -0.15) is 0 Å². The van der Waals surface area contributed by atoms with Crippen LogP contribution in [0.25, 0.3) is 0 Å². The molecule has 0 spiro atoms.